The molecule has 8 heteroatoms. The van der Waals surface area contributed by atoms with Crippen molar-refractivity contribution in [3.05, 3.63) is 78.4 Å². The van der Waals surface area contributed by atoms with Gasteiger partial charge in [-0.2, -0.15) is 0 Å². The van der Waals surface area contributed by atoms with E-state index in [1.54, 1.807) is 24.3 Å². The standard InChI is InChI=1S/C34H50O6SSi/c1-7-8-12-18-29(40-42(5,6)34(2,3)4)23-24-31-28(22-25-32(31)35)17-13-9-10-16-21-33(36)39-26-27-41(37,38)30-19-14-11-15-20-30/h8-9,11-15,19-20,22,24-25,28-29H,7,10,16-18,21,23,26-27H2,1-6H3/b12-8-,13-9-,31-24+/t28-,29-/m0/s1. The van der Waals surface area contributed by atoms with Crippen molar-refractivity contribution in [1.29, 1.82) is 0 Å². The zero-order valence-corrected chi connectivity index (χ0v) is 28.1. The molecule has 0 heterocycles. The van der Waals surface area contributed by atoms with Gasteiger partial charge in [-0.25, -0.2) is 8.42 Å². The molecule has 0 radical (unpaired) electrons. The fraction of sp³-hybridized carbons (Fsp3) is 0.529. The fourth-order valence-electron chi connectivity index (χ4n) is 4.31. The van der Waals surface area contributed by atoms with Crippen LogP contribution in [0, 0.1) is 5.92 Å². The summed E-state index contributed by atoms with van der Waals surface area (Å²) < 4.78 is 36.4. The molecule has 0 saturated carbocycles. The number of sulfone groups is 1. The van der Waals surface area contributed by atoms with Crippen LogP contribution in [0.3, 0.4) is 0 Å². The molecule has 0 aliphatic heterocycles. The first-order valence-corrected chi connectivity index (χ1v) is 19.7. The maximum Gasteiger partial charge on any atom is 0.305 e. The number of unbranched alkanes of at least 4 members (excludes halogenated alkanes) is 1. The number of allylic oxidation sites excluding steroid dienone is 6. The van der Waals surface area contributed by atoms with Crippen LogP contribution in [0.25, 0.3) is 0 Å². The molecule has 0 saturated heterocycles. The van der Waals surface area contributed by atoms with E-state index in [2.05, 4.69) is 65.1 Å². The van der Waals surface area contributed by atoms with Crippen molar-refractivity contribution in [3.63, 3.8) is 0 Å². The highest BCUT2D eigenvalue weighted by Gasteiger charge is 2.39. The van der Waals surface area contributed by atoms with E-state index in [4.69, 9.17) is 9.16 Å². The Hall–Kier alpha value is -2.55. The van der Waals surface area contributed by atoms with Crippen molar-refractivity contribution < 1.29 is 27.2 Å². The van der Waals surface area contributed by atoms with Gasteiger partial charge in [0.2, 0.25) is 0 Å². The van der Waals surface area contributed by atoms with Crippen molar-refractivity contribution in [2.75, 3.05) is 12.4 Å². The Bertz CT molecular complexity index is 1240. The number of hydrogen-bond acceptors (Lipinski definition) is 6. The lowest BCUT2D eigenvalue weighted by molar-refractivity contribution is -0.143. The molecule has 2 atom stereocenters. The zero-order chi connectivity index (χ0) is 31.2. The van der Waals surface area contributed by atoms with Gasteiger partial charge in [0.05, 0.1) is 16.8 Å². The Morgan fingerprint density at radius 1 is 1.05 bits per heavy atom. The normalized spacial score (nSPS) is 18.0. The Labute approximate surface area is 255 Å². The van der Waals surface area contributed by atoms with Gasteiger partial charge in [-0.1, -0.05) is 82.4 Å². The van der Waals surface area contributed by atoms with Crippen molar-refractivity contribution in [2.24, 2.45) is 5.92 Å². The minimum atomic E-state index is -3.46. The van der Waals surface area contributed by atoms with E-state index in [1.165, 1.54) is 12.1 Å². The molecule has 0 amide bonds. The van der Waals surface area contributed by atoms with Crippen molar-refractivity contribution in [1.82, 2.24) is 0 Å². The molecule has 1 aliphatic carbocycles. The van der Waals surface area contributed by atoms with Crippen LogP contribution in [0.5, 0.6) is 0 Å². The molecule has 2 rings (SSSR count). The second kappa shape index (κ2) is 16.9. The molecule has 0 N–H and O–H groups in total. The molecule has 1 aromatic rings. The van der Waals surface area contributed by atoms with Crippen molar-refractivity contribution in [2.45, 2.75) is 102 Å². The molecule has 1 aliphatic rings. The van der Waals surface area contributed by atoms with Gasteiger partial charge in [0.25, 0.3) is 0 Å². The lowest BCUT2D eigenvalue weighted by Gasteiger charge is -2.39. The minimum Gasteiger partial charge on any atom is -0.465 e. The fourth-order valence-corrected chi connectivity index (χ4v) is 6.80. The van der Waals surface area contributed by atoms with Gasteiger partial charge in [-0.15, -0.1) is 0 Å². The van der Waals surface area contributed by atoms with Crippen LogP contribution in [0.2, 0.25) is 18.1 Å². The first-order chi connectivity index (χ1) is 19.8. The summed E-state index contributed by atoms with van der Waals surface area (Å²) in [6, 6.07) is 8.15. The lowest BCUT2D eigenvalue weighted by Crippen LogP contribution is -2.43. The van der Waals surface area contributed by atoms with Gasteiger partial charge in [-0.3, -0.25) is 9.59 Å². The predicted molar refractivity (Wildman–Crippen MR) is 174 cm³/mol. The summed E-state index contributed by atoms with van der Waals surface area (Å²) in [4.78, 5) is 24.9. The topological polar surface area (TPSA) is 86.7 Å². The summed E-state index contributed by atoms with van der Waals surface area (Å²) in [6.07, 6.45) is 19.0. The molecule has 0 fully saturated rings. The van der Waals surface area contributed by atoms with Gasteiger partial charge >= 0.3 is 5.97 Å². The zero-order valence-electron chi connectivity index (χ0n) is 26.3. The summed E-state index contributed by atoms with van der Waals surface area (Å²) in [6.45, 7) is 13.2. The van der Waals surface area contributed by atoms with E-state index in [-0.39, 0.29) is 46.5 Å². The van der Waals surface area contributed by atoms with E-state index < -0.39 is 24.1 Å². The van der Waals surface area contributed by atoms with Crippen LogP contribution >= 0.6 is 0 Å². The number of carbonyl (C=O) groups is 2. The molecular formula is C34H50O6SSi. The highest BCUT2D eigenvalue weighted by atomic mass is 32.2. The quantitative estimate of drug-likeness (QED) is 0.0582. The largest absolute Gasteiger partial charge is 0.465 e. The van der Waals surface area contributed by atoms with Crippen LogP contribution in [0.15, 0.2) is 83.3 Å². The van der Waals surface area contributed by atoms with Crippen LogP contribution in [0.1, 0.15) is 72.6 Å². The summed E-state index contributed by atoms with van der Waals surface area (Å²) >= 11 is 0. The number of esters is 1. The highest BCUT2D eigenvalue weighted by Crippen LogP contribution is 2.38. The smallest absolute Gasteiger partial charge is 0.305 e. The lowest BCUT2D eigenvalue weighted by atomic mass is 9.96. The van der Waals surface area contributed by atoms with Crippen LogP contribution in [0.4, 0.5) is 0 Å². The Balaban J connectivity index is 1.80. The van der Waals surface area contributed by atoms with Crippen molar-refractivity contribution >= 4 is 29.9 Å². The number of rotatable bonds is 17. The molecular weight excluding hydrogens is 565 g/mol. The van der Waals surface area contributed by atoms with Gasteiger partial charge < -0.3 is 9.16 Å². The predicted octanol–water partition coefficient (Wildman–Crippen LogP) is 7.94. The van der Waals surface area contributed by atoms with Gasteiger partial charge in [-0.05, 0) is 74.9 Å². The van der Waals surface area contributed by atoms with E-state index in [1.807, 2.05) is 12.2 Å². The first kappa shape index (κ1) is 35.6. The maximum atomic E-state index is 12.6. The molecule has 6 nitrogen and oxygen atoms in total. The number of ether oxygens (including phenoxy) is 1. The second-order valence-electron chi connectivity index (χ2n) is 12.3. The van der Waals surface area contributed by atoms with E-state index in [0.717, 1.165) is 24.8 Å². The van der Waals surface area contributed by atoms with Gasteiger partial charge in [0.15, 0.2) is 23.9 Å². The second-order valence-corrected chi connectivity index (χ2v) is 19.2. The molecule has 0 unspecified atom stereocenters. The number of carbonyl (C=O) groups excluding carboxylic acids is 2. The van der Waals surface area contributed by atoms with Crippen molar-refractivity contribution in [3.8, 4) is 0 Å². The summed E-state index contributed by atoms with van der Waals surface area (Å²) in [7, 11) is -5.41. The third-order valence-electron chi connectivity index (χ3n) is 7.86. The van der Waals surface area contributed by atoms with E-state index in [9.17, 15) is 18.0 Å². The van der Waals surface area contributed by atoms with E-state index >= 15 is 0 Å². The van der Waals surface area contributed by atoms with Crippen LogP contribution in [-0.4, -0.2) is 47.0 Å². The maximum absolute atomic E-state index is 12.6. The summed E-state index contributed by atoms with van der Waals surface area (Å²) in [5, 5.41) is 0.116. The number of ketones is 1. The average molecular weight is 615 g/mol. The molecule has 0 bridgehead atoms. The monoisotopic (exact) mass is 614 g/mol. The third-order valence-corrected chi connectivity index (χ3v) is 14.1. The molecule has 0 aromatic heterocycles. The molecule has 42 heavy (non-hydrogen) atoms. The summed E-state index contributed by atoms with van der Waals surface area (Å²) in [5.41, 5.74) is 0.831. The Morgan fingerprint density at radius 2 is 1.76 bits per heavy atom. The third kappa shape index (κ3) is 12.0. The number of hydrogen-bond donors (Lipinski definition) is 0. The molecule has 232 valence electrons. The Kier molecular flexibility index (Phi) is 14.4. The highest BCUT2D eigenvalue weighted by molar-refractivity contribution is 7.91. The Morgan fingerprint density at radius 3 is 2.43 bits per heavy atom. The van der Waals surface area contributed by atoms with Gasteiger partial charge in [0.1, 0.15) is 6.61 Å². The molecule has 0 spiro atoms. The summed E-state index contributed by atoms with van der Waals surface area (Å²) in [5.74, 6) is -0.514. The van der Waals surface area contributed by atoms with Gasteiger partial charge in [0, 0.05) is 17.9 Å². The average Bonchev–Trinajstić information content (AvgIpc) is 3.27. The first-order valence-electron chi connectivity index (χ1n) is 15.1. The SMILES string of the molecule is CC/C=C\C[C@@H](C/C=C1/C(=O)C=C[C@@H]1C/C=C\CCCC(=O)OCCS(=O)(=O)c1ccccc1)O[Si](C)(C)C(C)(C)C. The number of benzene rings is 1. The van der Waals surface area contributed by atoms with Crippen LogP contribution in [-0.2, 0) is 28.6 Å². The minimum absolute atomic E-state index is 0.0454. The van der Waals surface area contributed by atoms with E-state index in [0.29, 0.717) is 19.3 Å². The molecule has 1 aromatic carbocycles. The van der Waals surface area contributed by atoms with Crippen LogP contribution < -0.4 is 0 Å².